The van der Waals surface area contributed by atoms with E-state index >= 15 is 0 Å². The van der Waals surface area contributed by atoms with Gasteiger partial charge in [-0.25, -0.2) is 0 Å². The first kappa shape index (κ1) is 39.3. The topological polar surface area (TPSA) is 16.4 Å². The molecule has 2 aliphatic rings. The molecule has 0 radical (unpaired) electrons. The van der Waals surface area contributed by atoms with Gasteiger partial charge >= 0.3 is 0 Å². The fourth-order valence-electron chi connectivity index (χ4n) is 12.2. The molecule has 1 spiro atoms. The Bertz CT molecular complexity index is 4250. The summed E-state index contributed by atoms with van der Waals surface area (Å²) in [6, 6.07) is 92.1. The summed E-state index contributed by atoms with van der Waals surface area (Å²) in [7, 11) is 0. The second-order valence-electron chi connectivity index (χ2n) is 18.7. The lowest BCUT2D eigenvalue weighted by Gasteiger charge is -2.36. The van der Waals surface area contributed by atoms with Crippen LogP contribution in [-0.4, -0.2) is 0 Å². The van der Waals surface area contributed by atoms with Gasteiger partial charge in [-0.1, -0.05) is 194 Å². The van der Waals surface area contributed by atoms with E-state index < -0.39 is 5.41 Å². The zero-order valence-corrected chi connectivity index (χ0v) is 38.8. The third-order valence-corrected chi connectivity index (χ3v) is 16.3. The van der Waals surface area contributed by atoms with E-state index in [-0.39, 0.29) is 0 Å². The molecule has 13 aromatic rings. The maximum absolute atomic E-state index is 6.54. The molecule has 11 aromatic carbocycles. The van der Waals surface area contributed by atoms with E-state index in [9.17, 15) is 0 Å². The largest absolute Gasteiger partial charge is 0.455 e. The number of para-hydroxylation sites is 3. The first-order valence-electron chi connectivity index (χ1n) is 24.1. The van der Waals surface area contributed by atoms with E-state index in [1.165, 1.54) is 75.8 Å². The summed E-state index contributed by atoms with van der Waals surface area (Å²) in [5.41, 5.74) is 21.7. The molecule has 0 bridgehead atoms. The zero-order chi connectivity index (χ0) is 45.9. The normalized spacial score (nSPS) is 14.3. The third-order valence-electron chi connectivity index (χ3n) is 15.1. The standard InChI is InChI=1S/C67H41NOS/c1-2-17-42(18-3-1)46-19-8-13-30-62(46)68(44-35-33-43(34-36-44)47-26-16-27-54-52-24-9-14-31-63(52)69-66(47)54)45-37-38-60-55(39-45)49-21-5-4-20-48(49)50-22-6-11-28-58(50)67(60)59-29-12-7-23-51(59)56-41-65-57(40-61(56)67)53-25-10-15-32-64(53)70-65/h1-41H. The highest BCUT2D eigenvalue weighted by Crippen LogP contribution is 2.63. The monoisotopic (exact) mass is 907 g/mol. The maximum atomic E-state index is 6.54. The van der Waals surface area contributed by atoms with Crippen LogP contribution in [0, 0.1) is 0 Å². The Balaban J connectivity index is 0.997. The molecular formula is C67H41NOS. The van der Waals surface area contributed by atoms with E-state index in [2.05, 4.69) is 248 Å². The molecule has 0 aliphatic heterocycles. The minimum atomic E-state index is -0.612. The van der Waals surface area contributed by atoms with Crippen molar-refractivity contribution in [1.29, 1.82) is 0 Å². The molecule has 70 heavy (non-hydrogen) atoms. The van der Waals surface area contributed by atoms with Gasteiger partial charge in [0.05, 0.1) is 11.1 Å². The van der Waals surface area contributed by atoms with Crippen LogP contribution in [0.3, 0.4) is 0 Å². The van der Waals surface area contributed by atoms with Crippen LogP contribution in [0.2, 0.25) is 0 Å². The highest BCUT2D eigenvalue weighted by molar-refractivity contribution is 7.25. The van der Waals surface area contributed by atoms with Gasteiger partial charge in [-0.2, -0.15) is 0 Å². The van der Waals surface area contributed by atoms with Crippen molar-refractivity contribution in [3.05, 3.63) is 271 Å². The molecule has 0 saturated heterocycles. The Kier molecular flexibility index (Phi) is 8.48. The van der Waals surface area contributed by atoms with Crippen LogP contribution < -0.4 is 4.90 Å². The Hall–Kier alpha value is -8.76. The van der Waals surface area contributed by atoms with E-state index in [4.69, 9.17) is 4.42 Å². The summed E-state index contributed by atoms with van der Waals surface area (Å²) in [6.45, 7) is 0. The van der Waals surface area contributed by atoms with Crippen LogP contribution in [0.1, 0.15) is 22.3 Å². The number of anilines is 3. The Morgan fingerprint density at radius 2 is 0.871 bits per heavy atom. The summed E-state index contributed by atoms with van der Waals surface area (Å²) < 4.78 is 9.18. The predicted octanol–water partition coefficient (Wildman–Crippen LogP) is 18.8. The van der Waals surface area contributed by atoms with Crippen molar-refractivity contribution in [2.24, 2.45) is 0 Å². The Labute approximate surface area is 409 Å². The van der Waals surface area contributed by atoms with Gasteiger partial charge in [-0.3, -0.25) is 0 Å². The molecule has 1 atom stereocenters. The lowest BCUT2D eigenvalue weighted by molar-refractivity contribution is 0.670. The lowest BCUT2D eigenvalue weighted by Crippen LogP contribution is -2.29. The van der Waals surface area contributed by atoms with Crippen molar-refractivity contribution in [2.45, 2.75) is 5.41 Å². The van der Waals surface area contributed by atoms with Gasteiger partial charge in [-0.15, -0.1) is 11.3 Å². The number of hydrogen-bond donors (Lipinski definition) is 0. The van der Waals surface area contributed by atoms with Crippen molar-refractivity contribution in [3.63, 3.8) is 0 Å². The zero-order valence-electron chi connectivity index (χ0n) is 37.9. The molecule has 0 fully saturated rings. The molecule has 1 unspecified atom stereocenters. The van der Waals surface area contributed by atoms with Crippen LogP contribution in [0.15, 0.2) is 253 Å². The second kappa shape index (κ2) is 15.1. The van der Waals surface area contributed by atoms with Gasteiger partial charge in [0.15, 0.2) is 0 Å². The third kappa shape index (κ3) is 5.55. The number of hydrogen-bond acceptors (Lipinski definition) is 3. The lowest BCUT2D eigenvalue weighted by atomic mass is 9.65. The highest BCUT2D eigenvalue weighted by atomic mass is 32.1. The van der Waals surface area contributed by atoms with Crippen LogP contribution in [0.5, 0.6) is 0 Å². The van der Waals surface area contributed by atoms with E-state index in [1.807, 2.05) is 17.4 Å². The molecule has 326 valence electrons. The fraction of sp³-hybridized carbons (Fsp3) is 0.0149. The van der Waals surface area contributed by atoms with Gasteiger partial charge in [-0.05, 0) is 121 Å². The van der Waals surface area contributed by atoms with Crippen LogP contribution >= 0.6 is 11.3 Å². The number of nitrogens with zero attached hydrogens (tertiary/aromatic N) is 1. The number of furan rings is 1. The number of fused-ring (bicyclic) bond motifs is 18. The SMILES string of the molecule is c1ccc(-c2ccccc2N(c2ccc(-c3cccc4c3oc3ccccc34)cc2)c2ccc3c(c2)-c2ccccc2-c2ccccc2C32c3ccccc3-c3cc4sc5ccccc5c4cc32)cc1. The fourth-order valence-corrected chi connectivity index (χ4v) is 13.3. The van der Waals surface area contributed by atoms with Crippen molar-refractivity contribution >= 4 is 70.5 Å². The van der Waals surface area contributed by atoms with E-state index in [0.29, 0.717) is 0 Å². The molecule has 2 aromatic heterocycles. The van der Waals surface area contributed by atoms with Crippen LogP contribution in [-0.2, 0) is 5.41 Å². The first-order valence-corrected chi connectivity index (χ1v) is 24.9. The van der Waals surface area contributed by atoms with Crippen LogP contribution in [0.4, 0.5) is 17.1 Å². The summed E-state index contributed by atoms with van der Waals surface area (Å²) in [5.74, 6) is 0. The first-order chi connectivity index (χ1) is 34.7. The summed E-state index contributed by atoms with van der Waals surface area (Å²) in [6.07, 6.45) is 0. The molecule has 2 nitrogen and oxygen atoms in total. The smallest absolute Gasteiger partial charge is 0.143 e. The second-order valence-corrected chi connectivity index (χ2v) is 19.7. The molecule has 15 rings (SSSR count). The number of thiophene rings is 1. The quantitative estimate of drug-likeness (QED) is 0.171. The highest BCUT2D eigenvalue weighted by Gasteiger charge is 2.50. The number of benzene rings is 11. The molecule has 2 aliphatic carbocycles. The minimum Gasteiger partial charge on any atom is -0.455 e. The molecule has 0 saturated carbocycles. The van der Waals surface area contributed by atoms with Gasteiger partial charge in [0.25, 0.3) is 0 Å². The van der Waals surface area contributed by atoms with Gasteiger partial charge in [0.2, 0.25) is 0 Å². The average Bonchev–Trinajstić information content (AvgIpc) is 4.08. The number of rotatable bonds is 5. The van der Waals surface area contributed by atoms with E-state index in [0.717, 1.165) is 61.3 Å². The Morgan fingerprint density at radius 3 is 1.67 bits per heavy atom. The van der Waals surface area contributed by atoms with Crippen molar-refractivity contribution in [2.75, 3.05) is 4.90 Å². The van der Waals surface area contributed by atoms with E-state index in [1.54, 1.807) is 0 Å². The van der Waals surface area contributed by atoms with Crippen molar-refractivity contribution in [1.82, 2.24) is 0 Å². The average molecular weight is 908 g/mol. The molecule has 0 amide bonds. The molecular weight excluding hydrogens is 867 g/mol. The maximum Gasteiger partial charge on any atom is 0.143 e. The minimum absolute atomic E-state index is 0.612. The molecule has 2 heterocycles. The van der Waals surface area contributed by atoms with Gasteiger partial charge in [0, 0.05) is 53.4 Å². The molecule has 3 heteroatoms. The van der Waals surface area contributed by atoms with Crippen molar-refractivity contribution < 1.29 is 4.42 Å². The van der Waals surface area contributed by atoms with Gasteiger partial charge < -0.3 is 9.32 Å². The summed E-state index contributed by atoms with van der Waals surface area (Å²) in [5, 5.41) is 4.88. The Morgan fingerprint density at radius 1 is 0.314 bits per heavy atom. The van der Waals surface area contributed by atoms with Gasteiger partial charge in [0.1, 0.15) is 11.2 Å². The van der Waals surface area contributed by atoms with Crippen LogP contribution in [0.25, 0.3) is 97.7 Å². The molecule has 0 N–H and O–H groups in total. The van der Waals surface area contributed by atoms with Crippen molar-refractivity contribution in [3.8, 4) is 55.6 Å². The summed E-state index contributed by atoms with van der Waals surface area (Å²) in [4.78, 5) is 2.46. The summed E-state index contributed by atoms with van der Waals surface area (Å²) >= 11 is 1.89. The predicted molar refractivity (Wildman–Crippen MR) is 294 cm³/mol.